The molecule has 0 saturated carbocycles. The predicted molar refractivity (Wildman–Crippen MR) is 33.5 cm³/mol. The second-order valence-corrected chi connectivity index (χ2v) is 1.97. The van der Waals surface area contributed by atoms with E-state index in [2.05, 4.69) is 15.1 Å². The van der Waals surface area contributed by atoms with Crippen LogP contribution in [0.4, 0.5) is 0 Å². The minimum absolute atomic E-state index is 0.603. The molecule has 0 spiro atoms. The lowest BCUT2D eigenvalue weighted by Gasteiger charge is -1.92. The Kier molecular flexibility index (Phi) is 0.943. The monoisotopic (exact) mass is 135 g/mol. The summed E-state index contributed by atoms with van der Waals surface area (Å²) >= 11 is 0. The van der Waals surface area contributed by atoms with Gasteiger partial charge >= 0.3 is 0 Å². The third kappa shape index (κ3) is 0.655. The largest absolute Gasteiger partial charge is 0.351 e. The highest BCUT2D eigenvalue weighted by atomic mass is 16.5. The molecule has 0 atom stereocenters. The highest BCUT2D eigenvalue weighted by Gasteiger charge is 2.07. The van der Waals surface area contributed by atoms with Crippen LogP contribution in [0.15, 0.2) is 16.8 Å². The summed E-state index contributed by atoms with van der Waals surface area (Å²) in [4.78, 5) is 7.95. The molecule has 0 aromatic heterocycles. The molecule has 0 N–H and O–H groups in total. The summed E-state index contributed by atoms with van der Waals surface area (Å²) in [7, 11) is 0. The van der Waals surface area contributed by atoms with E-state index in [0.717, 1.165) is 0 Å². The summed E-state index contributed by atoms with van der Waals surface area (Å²) in [6, 6.07) is 1.73. The first kappa shape index (κ1) is 5.34. The molecule has 0 amide bonds. The second kappa shape index (κ2) is 1.76. The number of aromatic nitrogens is 3. The van der Waals surface area contributed by atoms with Gasteiger partial charge in [-0.25, -0.2) is 9.97 Å². The summed E-state index contributed by atoms with van der Waals surface area (Å²) in [5.41, 5.74) is 0. The maximum absolute atomic E-state index is 4.91. The number of aryl methyl sites for hydroxylation is 1. The zero-order valence-corrected chi connectivity index (χ0v) is 5.40. The van der Waals surface area contributed by atoms with Crippen LogP contribution in [0.1, 0.15) is 5.82 Å². The summed E-state index contributed by atoms with van der Waals surface area (Å²) in [6.45, 7) is 1.76. The Balaban J connectivity index is 2.75. The maximum Gasteiger partial charge on any atom is 0.204 e. The summed E-state index contributed by atoms with van der Waals surface area (Å²) in [5.74, 6) is 1.85. The van der Waals surface area contributed by atoms with Gasteiger partial charge in [0.25, 0.3) is 0 Å². The van der Waals surface area contributed by atoms with Gasteiger partial charge in [-0.1, -0.05) is 5.16 Å². The van der Waals surface area contributed by atoms with E-state index in [0.29, 0.717) is 17.4 Å². The lowest BCUT2D eigenvalue weighted by Crippen LogP contribution is -1.90. The van der Waals surface area contributed by atoms with Gasteiger partial charge in [0.2, 0.25) is 5.76 Å². The first-order valence-electron chi connectivity index (χ1n) is 2.91. The number of nitrogens with zero attached hydrogens (tertiary/aromatic N) is 3. The average molecular weight is 135 g/mol. The molecule has 4 heteroatoms. The number of rotatable bonds is 0. The van der Waals surface area contributed by atoms with Crippen LogP contribution in [0.25, 0.3) is 11.6 Å². The Morgan fingerprint density at radius 3 is 3.30 bits per heavy atom. The Morgan fingerprint density at radius 2 is 2.40 bits per heavy atom. The molecule has 0 fully saturated rings. The number of hydrogen-bond acceptors (Lipinski definition) is 4. The molecule has 50 valence electrons. The molecule has 0 radical (unpaired) electrons. The Bertz CT molecular complexity index is 317. The average Bonchev–Trinajstić information content (AvgIpc) is 2.33. The van der Waals surface area contributed by atoms with Gasteiger partial charge < -0.3 is 4.52 Å². The van der Waals surface area contributed by atoms with E-state index in [1.165, 1.54) is 0 Å². The van der Waals surface area contributed by atoms with Gasteiger partial charge in [-0.2, -0.15) is 0 Å². The Hall–Kier alpha value is -1.45. The van der Waals surface area contributed by atoms with Crippen molar-refractivity contribution in [3.05, 3.63) is 18.1 Å². The van der Waals surface area contributed by atoms with Crippen molar-refractivity contribution >= 4 is 0 Å². The van der Waals surface area contributed by atoms with Crippen LogP contribution in [0.5, 0.6) is 0 Å². The third-order valence-corrected chi connectivity index (χ3v) is 1.19. The van der Waals surface area contributed by atoms with Gasteiger partial charge in [-0.15, -0.1) is 0 Å². The first-order chi connectivity index (χ1) is 4.86. The molecule has 0 aliphatic carbocycles. The van der Waals surface area contributed by atoms with Crippen molar-refractivity contribution in [1.29, 1.82) is 0 Å². The highest BCUT2D eigenvalue weighted by molar-refractivity contribution is 5.46. The molecular formula is C6H5N3O. The van der Waals surface area contributed by atoms with Gasteiger partial charge in [0.1, 0.15) is 0 Å². The van der Waals surface area contributed by atoms with Crippen LogP contribution < -0.4 is 0 Å². The quantitative estimate of drug-likeness (QED) is 0.538. The van der Waals surface area contributed by atoms with E-state index in [9.17, 15) is 0 Å². The lowest BCUT2D eigenvalue weighted by atomic mass is 10.5. The fraction of sp³-hybridized carbons (Fsp3) is 0.167. The molecule has 0 saturated heterocycles. The molecule has 2 rings (SSSR count). The van der Waals surface area contributed by atoms with Crippen LogP contribution in [-0.2, 0) is 0 Å². The zero-order valence-electron chi connectivity index (χ0n) is 5.40. The van der Waals surface area contributed by atoms with E-state index >= 15 is 0 Å². The van der Waals surface area contributed by atoms with E-state index in [1.807, 2.05) is 0 Å². The van der Waals surface area contributed by atoms with Gasteiger partial charge in [0.05, 0.1) is 0 Å². The summed E-state index contributed by atoms with van der Waals surface area (Å²) in [6.07, 6.45) is 1.64. The third-order valence-electron chi connectivity index (χ3n) is 1.19. The number of hydrogen-bond donors (Lipinski definition) is 0. The topological polar surface area (TPSA) is 51.8 Å². The van der Waals surface area contributed by atoms with Crippen molar-refractivity contribution in [2.45, 2.75) is 6.92 Å². The Morgan fingerprint density at radius 1 is 1.50 bits per heavy atom. The molecule has 0 bridgehead atoms. The van der Waals surface area contributed by atoms with Crippen LogP contribution in [0, 0.1) is 6.92 Å². The lowest BCUT2D eigenvalue weighted by molar-refractivity contribution is 0.394. The van der Waals surface area contributed by atoms with Crippen LogP contribution in [0.2, 0.25) is 0 Å². The van der Waals surface area contributed by atoms with Crippen molar-refractivity contribution in [3.63, 3.8) is 0 Å². The SMILES string of the molecule is Cc1noc2ccnc-2n1. The van der Waals surface area contributed by atoms with Gasteiger partial charge in [-0.05, 0) is 6.92 Å². The van der Waals surface area contributed by atoms with Crippen molar-refractivity contribution < 1.29 is 4.52 Å². The molecule has 4 nitrogen and oxygen atoms in total. The summed E-state index contributed by atoms with van der Waals surface area (Å²) < 4.78 is 4.91. The Labute approximate surface area is 57.2 Å². The molecule has 2 heterocycles. The molecule has 10 heavy (non-hydrogen) atoms. The molecular weight excluding hydrogens is 130 g/mol. The van der Waals surface area contributed by atoms with E-state index in [-0.39, 0.29) is 0 Å². The van der Waals surface area contributed by atoms with E-state index < -0.39 is 0 Å². The molecule has 0 aromatic carbocycles. The molecule has 2 aliphatic rings. The fourth-order valence-corrected chi connectivity index (χ4v) is 0.758. The van der Waals surface area contributed by atoms with Crippen molar-refractivity contribution in [1.82, 2.24) is 15.1 Å². The predicted octanol–water partition coefficient (Wildman–Crippen LogP) is 0.878. The van der Waals surface area contributed by atoms with Gasteiger partial charge in [0, 0.05) is 12.3 Å². The van der Waals surface area contributed by atoms with Crippen LogP contribution in [-0.4, -0.2) is 15.1 Å². The number of fused-ring (bicyclic) bond motifs is 1. The van der Waals surface area contributed by atoms with E-state index in [1.54, 1.807) is 19.2 Å². The highest BCUT2D eigenvalue weighted by Crippen LogP contribution is 2.14. The maximum atomic E-state index is 4.91. The van der Waals surface area contributed by atoms with Gasteiger partial charge in [0.15, 0.2) is 11.6 Å². The van der Waals surface area contributed by atoms with Gasteiger partial charge in [-0.3, -0.25) is 0 Å². The first-order valence-corrected chi connectivity index (χ1v) is 2.91. The van der Waals surface area contributed by atoms with Crippen molar-refractivity contribution in [2.24, 2.45) is 0 Å². The van der Waals surface area contributed by atoms with Crippen molar-refractivity contribution in [2.75, 3.05) is 0 Å². The smallest absolute Gasteiger partial charge is 0.204 e. The second-order valence-electron chi connectivity index (χ2n) is 1.97. The summed E-state index contributed by atoms with van der Waals surface area (Å²) in [5, 5.41) is 3.65. The minimum Gasteiger partial charge on any atom is -0.351 e. The van der Waals surface area contributed by atoms with E-state index in [4.69, 9.17) is 4.52 Å². The fourth-order valence-electron chi connectivity index (χ4n) is 0.758. The minimum atomic E-state index is 0.603. The zero-order chi connectivity index (χ0) is 6.97. The standard InChI is InChI=1S/C6H5N3O/c1-4-8-6-5(10-9-4)2-3-7-6/h2-3H,1H3. The normalized spacial score (nSPS) is 10.5. The van der Waals surface area contributed by atoms with Crippen LogP contribution in [0.3, 0.4) is 0 Å². The molecule has 2 aliphatic heterocycles. The molecule has 0 unspecified atom stereocenters. The van der Waals surface area contributed by atoms with Crippen LogP contribution >= 0.6 is 0 Å². The molecule has 0 aromatic rings. The van der Waals surface area contributed by atoms with Crippen molar-refractivity contribution in [3.8, 4) is 11.6 Å².